The normalized spacial score (nSPS) is 22.7. The monoisotopic (exact) mass is 540 g/mol. The molecule has 0 aromatic heterocycles. The van der Waals surface area contributed by atoms with Gasteiger partial charge in [-0.3, -0.25) is 0 Å². The van der Waals surface area contributed by atoms with E-state index in [0.29, 0.717) is 26.4 Å². The van der Waals surface area contributed by atoms with E-state index in [0.717, 1.165) is 22.3 Å². The van der Waals surface area contributed by atoms with Gasteiger partial charge in [-0.15, -0.1) is 0 Å². The Hall–Kier alpha value is -3.36. The molecular formula is C34H36O6. The lowest BCUT2D eigenvalue weighted by atomic mass is 9.98. The van der Waals surface area contributed by atoms with Crippen LogP contribution in [0.25, 0.3) is 0 Å². The standard InChI is InChI=1S/C34H36O6/c35-31-32(37-22-27-15-7-2-8-16-27)30(25-36-21-26-13-5-1-6-14-26)40-34(39-24-29-19-11-4-12-20-29)33(31)38-23-28-17-9-3-10-18-28/h1-20,30-35H,21-25H2/t30-,31+,32-,33-,34-/m1/s1. The first kappa shape index (κ1) is 28.2. The Bertz CT molecular complexity index is 1240. The third-order valence-corrected chi connectivity index (χ3v) is 6.84. The highest BCUT2D eigenvalue weighted by molar-refractivity contribution is 5.16. The van der Waals surface area contributed by atoms with Crippen molar-refractivity contribution in [1.82, 2.24) is 0 Å². The number of ether oxygens (including phenoxy) is 5. The number of hydrogen-bond donors (Lipinski definition) is 1. The average molecular weight is 541 g/mol. The summed E-state index contributed by atoms with van der Waals surface area (Å²) >= 11 is 0. The second-order valence-corrected chi connectivity index (χ2v) is 9.85. The van der Waals surface area contributed by atoms with Crippen LogP contribution < -0.4 is 0 Å². The molecule has 6 heteroatoms. The highest BCUT2D eigenvalue weighted by Crippen LogP contribution is 2.29. The van der Waals surface area contributed by atoms with Gasteiger partial charge in [0.15, 0.2) is 6.29 Å². The molecule has 1 N–H and O–H groups in total. The summed E-state index contributed by atoms with van der Waals surface area (Å²) in [4.78, 5) is 0. The van der Waals surface area contributed by atoms with Gasteiger partial charge in [-0.05, 0) is 22.3 Å². The summed E-state index contributed by atoms with van der Waals surface area (Å²) in [5.74, 6) is 0. The van der Waals surface area contributed by atoms with Gasteiger partial charge in [-0.25, -0.2) is 0 Å². The van der Waals surface area contributed by atoms with Crippen molar-refractivity contribution in [3.05, 3.63) is 144 Å². The maximum atomic E-state index is 11.7. The fourth-order valence-corrected chi connectivity index (χ4v) is 4.70. The van der Waals surface area contributed by atoms with Gasteiger partial charge in [-0.1, -0.05) is 121 Å². The van der Waals surface area contributed by atoms with Crippen LogP contribution in [0.15, 0.2) is 121 Å². The molecule has 1 heterocycles. The Morgan fingerprint density at radius 1 is 0.500 bits per heavy atom. The third-order valence-electron chi connectivity index (χ3n) is 6.84. The first-order valence-electron chi connectivity index (χ1n) is 13.7. The second kappa shape index (κ2) is 14.9. The predicted octanol–water partition coefficient (Wildman–Crippen LogP) is 5.68. The van der Waals surface area contributed by atoms with Crippen LogP contribution in [-0.2, 0) is 50.1 Å². The summed E-state index contributed by atoms with van der Waals surface area (Å²) in [6.07, 6.45) is -3.85. The Morgan fingerprint density at radius 2 is 0.900 bits per heavy atom. The number of aliphatic hydroxyl groups is 1. The second-order valence-electron chi connectivity index (χ2n) is 9.85. The number of aliphatic hydroxyl groups excluding tert-OH is 1. The van der Waals surface area contributed by atoms with Gasteiger partial charge >= 0.3 is 0 Å². The molecule has 208 valence electrons. The van der Waals surface area contributed by atoms with Crippen LogP contribution in [0.1, 0.15) is 22.3 Å². The lowest BCUT2D eigenvalue weighted by Crippen LogP contribution is -2.60. The van der Waals surface area contributed by atoms with Gasteiger partial charge in [-0.2, -0.15) is 0 Å². The maximum Gasteiger partial charge on any atom is 0.187 e. The zero-order valence-corrected chi connectivity index (χ0v) is 22.5. The van der Waals surface area contributed by atoms with E-state index in [9.17, 15) is 5.11 Å². The molecule has 0 saturated carbocycles. The van der Waals surface area contributed by atoms with Crippen molar-refractivity contribution in [3.63, 3.8) is 0 Å². The van der Waals surface area contributed by atoms with E-state index in [1.165, 1.54) is 0 Å². The van der Waals surface area contributed by atoms with Crippen LogP contribution in [0.4, 0.5) is 0 Å². The van der Waals surface area contributed by atoms with E-state index in [4.69, 9.17) is 23.7 Å². The van der Waals surface area contributed by atoms with E-state index in [1.54, 1.807) is 0 Å². The minimum absolute atomic E-state index is 0.224. The SMILES string of the molecule is O[C@@H]1[C@@H](OCc2ccccc2)[C@H](OCc2ccccc2)O[C@H](COCc2ccccc2)[C@H]1OCc1ccccc1. The number of benzene rings is 4. The highest BCUT2D eigenvalue weighted by Gasteiger charge is 2.47. The maximum absolute atomic E-state index is 11.7. The molecule has 0 bridgehead atoms. The van der Waals surface area contributed by atoms with Crippen LogP contribution in [0, 0.1) is 0 Å². The lowest BCUT2D eigenvalue weighted by molar-refractivity contribution is -0.323. The van der Waals surface area contributed by atoms with Gasteiger partial charge in [0.1, 0.15) is 24.4 Å². The van der Waals surface area contributed by atoms with E-state index < -0.39 is 30.7 Å². The van der Waals surface area contributed by atoms with Gasteiger partial charge in [0.25, 0.3) is 0 Å². The molecule has 4 aromatic carbocycles. The molecule has 40 heavy (non-hydrogen) atoms. The molecule has 0 radical (unpaired) electrons. The van der Waals surface area contributed by atoms with E-state index >= 15 is 0 Å². The van der Waals surface area contributed by atoms with Crippen LogP contribution in [0.5, 0.6) is 0 Å². The summed E-state index contributed by atoms with van der Waals surface area (Å²) in [6.45, 7) is 1.59. The van der Waals surface area contributed by atoms with Crippen LogP contribution in [0.3, 0.4) is 0 Å². The quantitative estimate of drug-likeness (QED) is 0.236. The third kappa shape index (κ3) is 8.08. The molecule has 1 aliphatic heterocycles. The summed E-state index contributed by atoms with van der Waals surface area (Å²) in [5.41, 5.74) is 4.05. The van der Waals surface area contributed by atoms with E-state index in [1.807, 2.05) is 121 Å². The molecule has 1 aliphatic rings. The number of rotatable bonds is 13. The van der Waals surface area contributed by atoms with Crippen molar-refractivity contribution in [2.24, 2.45) is 0 Å². The fraction of sp³-hybridized carbons (Fsp3) is 0.294. The first-order chi connectivity index (χ1) is 19.8. The fourth-order valence-electron chi connectivity index (χ4n) is 4.70. The van der Waals surface area contributed by atoms with Gasteiger partial charge in [0.2, 0.25) is 0 Å². The minimum atomic E-state index is -1.01. The Labute approximate surface area is 236 Å². The largest absolute Gasteiger partial charge is 0.387 e. The van der Waals surface area contributed by atoms with Crippen molar-refractivity contribution in [2.45, 2.75) is 57.1 Å². The highest BCUT2D eigenvalue weighted by atomic mass is 16.7. The molecule has 0 unspecified atom stereocenters. The zero-order valence-electron chi connectivity index (χ0n) is 22.5. The summed E-state index contributed by atoms with van der Waals surface area (Å²) in [5, 5.41) is 11.7. The van der Waals surface area contributed by atoms with Crippen molar-refractivity contribution >= 4 is 0 Å². The van der Waals surface area contributed by atoms with Crippen LogP contribution >= 0.6 is 0 Å². The van der Waals surface area contributed by atoms with Crippen molar-refractivity contribution in [1.29, 1.82) is 0 Å². The summed E-state index contributed by atoms with van der Waals surface area (Å²) in [7, 11) is 0. The number of hydrogen-bond acceptors (Lipinski definition) is 6. The average Bonchev–Trinajstić information content (AvgIpc) is 3.01. The smallest absolute Gasteiger partial charge is 0.187 e. The molecule has 1 fully saturated rings. The molecule has 4 aromatic rings. The Kier molecular flexibility index (Phi) is 10.5. The van der Waals surface area contributed by atoms with Crippen molar-refractivity contribution in [3.8, 4) is 0 Å². The Morgan fingerprint density at radius 3 is 1.38 bits per heavy atom. The molecule has 0 aliphatic carbocycles. The van der Waals surface area contributed by atoms with Crippen molar-refractivity contribution < 1.29 is 28.8 Å². The molecule has 1 saturated heterocycles. The molecule has 0 amide bonds. The van der Waals surface area contributed by atoms with Gasteiger partial charge in [0.05, 0.1) is 33.0 Å². The summed E-state index contributed by atoms with van der Waals surface area (Å²) in [6, 6.07) is 39.6. The first-order valence-corrected chi connectivity index (χ1v) is 13.7. The van der Waals surface area contributed by atoms with Crippen LogP contribution in [0.2, 0.25) is 0 Å². The molecule has 6 nitrogen and oxygen atoms in total. The molecule has 5 atom stereocenters. The van der Waals surface area contributed by atoms with E-state index in [2.05, 4.69) is 0 Å². The van der Waals surface area contributed by atoms with Crippen molar-refractivity contribution in [2.75, 3.05) is 6.61 Å². The zero-order chi connectivity index (χ0) is 27.4. The molecule has 0 spiro atoms. The lowest BCUT2D eigenvalue weighted by Gasteiger charge is -2.44. The Balaban J connectivity index is 1.33. The van der Waals surface area contributed by atoms with E-state index in [-0.39, 0.29) is 6.61 Å². The van der Waals surface area contributed by atoms with Crippen LogP contribution in [-0.4, -0.2) is 42.4 Å². The topological polar surface area (TPSA) is 66.4 Å². The van der Waals surface area contributed by atoms with Gasteiger partial charge in [0, 0.05) is 0 Å². The minimum Gasteiger partial charge on any atom is -0.387 e. The summed E-state index contributed by atoms with van der Waals surface area (Å²) < 4.78 is 31.3. The molecular weight excluding hydrogens is 504 g/mol. The van der Waals surface area contributed by atoms with Gasteiger partial charge < -0.3 is 28.8 Å². The molecule has 5 rings (SSSR count). The predicted molar refractivity (Wildman–Crippen MR) is 152 cm³/mol.